The molecule has 1 heterocycles. The highest BCUT2D eigenvalue weighted by molar-refractivity contribution is 7.98. The SMILES string of the molecule is CCSCc1cc(C=CC(=O)O)cs1. The first kappa shape index (κ1) is 11.3. The molecular weight excluding hydrogens is 216 g/mol. The van der Waals surface area contributed by atoms with Crippen LogP contribution in [0.2, 0.25) is 0 Å². The molecule has 14 heavy (non-hydrogen) atoms. The summed E-state index contributed by atoms with van der Waals surface area (Å²) >= 11 is 3.55. The van der Waals surface area contributed by atoms with Crippen molar-refractivity contribution >= 4 is 35.1 Å². The lowest BCUT2D eigenvalue weighted by molar-refractivity contribution is -0.131. The van der Waals surface area contributed by atoms with Crippen molar-refractivity contribution in [3.05, 3.63) is 28.0 Å². The number of thioether (sulfide) groups is 1. The van der Waals surface area contributed by atoms with E-state index in [0.717, 1.165) is 17.1 Å². The molecule has 2 nitrogen and oxygen atoms in total. The third-order valence-electron chi connectivity index (χ3n) is 1.54. The summed E-state index contributed by atoms with van der Waals surface area (Å²) in [4.78, 5) is 11.6. The second-order valence-corrected chi connectivity index (χ2v) is 4.93. The van der Waals surface area contributed by atoms with E-state index < -0.39 is 5.97 Å². The van der Waals surface area contributed by atoms with Crippen LogP contribution in [0.5, 0.6) is 0 Å². The Hall–Kier alpha value is -0.740. The van der Waals surface area contributed by atoms with Crippen LogP contribution in [0.15, 0.2) is 17.5 Å². The summed E-state index contributed by atoms with van der Waals surface area (Å²) in [7, 11) is 0. The van der Waals surface area contributed by atoms with Crippen molar-refractivity contribution in [3.8, 4) is 0 Å². The zero-order valence-corrected chi connectivity index (χ0v) is 9.53. The summed E-state index contributed by atoms with van der Waals surface area (Å²) in [6.45, 7) is 2.13. The molecule has 0 aliphatic heterocycles. The summed E-state index contributed by atoms with van der Waals surface area (Å²) in [5.74, 6) is 1.22. The standard InChI is InChI=1S/C10H12O2S2/c1-2-13-7-9-5-8(6-14-9)3-4-10(11)12/h3-6H,2,7H2,1H3,(H,11,12). The van der Waals surface area contributed by atoms with Crippen LogP contribution in [0, 0.1) is 0 Å². The lowest BCUT2D eigenvalue weighted by atomic mass is 10.3. The van der Waals surface area contributed by atoms with Crippen molar-refractivity contribution < 1.29 is 9.90 Å². The van der Waals surface area contributed by atoms with Gasteiger partial charge in [-0.1, -0.05) is 6.92 Å². The van der Waals surface area contributed by atoms with E-state index in [1.165, 1.54) is 11.0 Å². The zero-order valence-electron chi connectivity index (χ0n) is 7.90. The Morgan fingerprint density at radius 1 is 1.71 bits per heavy atom. The fourth-order valence-corrected chi connectivity index (χ4v) is 2.58. The molecule has 0 fully saturated rings. The summed E-state index contributed by atoms with van der Waals surface area (Å²) < 4.78 is 0. The van der Waals surface area contributed by atoms with Crippen molar-refractivity contribution in [2.75, 3.05) is 5.75 Å². The molecule has 76 valence electrons. The predicted octanol–water partition coefficient (Wildman–Crippen LogP) is 3.10. The summed E-state index contributed by atoms with van der Waals surface area (Å²) in [5, 5.41) is 10.4. The maximum atomic E-state index is 10.3. The van der Waals surface area contributed by atoms with Crippen molar-refractivity contribution in [2.45, 2.75) is 12.7 Å². The van der Waals surface area contributed by atoms with Gasteiger partial charge in [-0.05, 0) is 28.8 Å². The highest BCUT2D eigenvalue weighted by Crippen LogP contribution is 2.21. The minimum absolute atomic E-state index is 0.902. The maximum Gasteiger partial charge on any atom is 0.328 e. The Bertz CT molecular complexity index is 329. The molecule has 0 unspecified atom stereocenters. The molecule has 0 saturated heterocycles. The van der Waals surface area contributed by atoms with Gasteiger partial charge < -0.3 is 5.11 Å². The average molecular weight is 228 g/mol. The third kappa shape index (κ3) is 3.98. The maximum absolute atomic E-state index is 10.3. The minimum Gasteiger partial charge on any atom is -0.478 e. The van der Waals surface area contributed by atoms with Crippen molar-refractivity contribution in [2.24, 2.45) is 0 Å². The van der Waals surface area contributed by atoms with Crippen LogP contribution in [-0.2, 0) is 10.5 Å². The van der Waals surface area contributed by atoms with Gasteiger partial charge >= 0.3 is 5.97 Å². The van der Waals surface area contributed by atoms with Crippen LogP contribution < -0.4 is 0 Å². The molecule has 4 heteroatoms. The van der Waals surface area contributed by atoms with Crippen LogP contribution in [-0.4, -0.2) is 16.8 Å². The number of hydrogen-bond acceptors (Lipinski definition) is 3. The van der Waals surface area contributed by atoms with Gasteiger partial charge in [-0.3, -0.25) is 0 Å². The van der Waals surface area contributed by atoms with E-state index in [1.54, 1.807) is 17.4 Å². The molecule has 1 aromatic rings. The number of rotatable bonds is 5. The van der Waals surface area contributed by atoms with Gasteiger partial charge in [0.05, 0.1) is 0 Å². The molecule has 1 N–H and O–H groups in total. The Morgan fingerprint density at radius 2 is 2.50 bits per heavy atom. The van der Waals surface area contributed by atoms with E-state index in [1.807, 2.05) is 23.2 Å². The van der Waals surface area contributed by atoms with Gasteiger partial charge in [-0.25, -0.2) is 4.79 Å². The summed E-state index contributed by atoms with van der Waals surface area (Å²) in [6.07, 6.45) is 2.79. The van der Waals surface area contributed by atoms with Crippen molar-refractivity contribution in [3.63, 3.8) is 0 Å². The van der Waals surface area contributed by atoms with Gasteiger partial charge in [0, 0.05) is 16.7 Å². The Labute approximate surface area is 91.7 Å². The van der Waals surface area contributed by atoms with E-state index >= 15 is 0 Å². The normalized spacial score (nSPS) is 10.9. The molecule has 0 amide bonds. The topological polar surface area (TPSA) is 37.3 Å². The second-order valence-electron chi connectivity index (χ2n) is 2.66. The molecule has 0 aliphatic rings. The smallest absolute Gasteiger partial charge is 0.328 e. The number of thiophene rings is 1. The zero-order chi connectivity index (χ0) is 10.4. The number of aliphatic carboxylic acids is 1. The van der Waals surface area contributed by atoms with Gasteiger partial charge in [-0.15, -0.1) is 11.3 Å². The van der Waals surface area contributed by atoms with Crippen LogP contribution in [0.4, 0.5) is 0 Å². The largest absolute Gasteiger partial charge is 0.478 e. The second kappa shape index (κ2) is 5.88. The van der Waals surface area contributed by atoms with Gasteiger partial charge in [0.25, 0.3) is 0 Å². The highest BCUT2D eigenvalue weighted by atomic mass is 32.2. The fourth-order valence-electron chi connectivity index (χ4n) is 0.931. The van der Waals surface area contributed by atoms with Crippen LogP contribution in [0.3, 0.4) is 0 Å². The first-order valence-electron chi connectivity index (χ1n) is 4.28. The lowest BCUT2D eigenvalue weighted by Crippen LogP contribution is -1.84. The first-order chi connectivity index (χ1) is 6.72. The Kier molecular flexibility index (Phi) is 4.76. The molecule has 0 aliphatic carbocycles. The Balaban J connectivity index is 2.54. The van der Waals surface area contributed by atoms with Crippen LogP contribution in [0.25, 0.3) is 6.08 Å². The van der Waals surface area contributed by atoms with Crippen LogP contribution >= 0.6 is 23.1 Å². The van der Waals surface area contributed by atoms with E-state index in [4.69, 9.17) is 5.11 Å². The molecule has 0 spiro atoms. The molecule has 1 aromatic heterocycles. The molecule has 0 saturated carbocycles. The first-order valence-corrected chi connectivity index (χ1v) is 6.32. The molecule has 0 aromatic carbocycles. The summed E-state index contributed by atoms with van der Waals surface area (Å²) in [5.41, 5.74) is 0.976. The number of carboxylic acids is 1. The van der Waals surface area contributed by atoms with Crippen LogP contribution in [0.1, 0.15) is 17.4 Å². The molecule has 0 atom stereocenters. The number of hydrogen-bond donors (Lipinski definition) is 1. The fraction of sp³-hybridized carbons (Fsp3) is 0.300. The van der Waals surface area contributed by atoms with Gasteiger partial charge in [0.2, 0.25) is 0 Å². The number of carbonyl (C=O) groups is 1. The molecule has 1 rings (SSSR count). The third-order valence-corrected chi connectivity index (χ3v) is 3.60. The quantitative estimate of drug-likeness (QED) is 0.787. The summed E-state index contributed by atoms with van der Waals surface area (Å²) in [6, 6.07) is 2.03. The van der Waals surface area contributed by atoms with Gasteiger partial charge in [-0.2, -0.15) is 11.8 Å². The van der Waals surface area contributed by atoms with Gasteiger partial charge in [0.1, 0.15) is 0 Å². The monoisotopic (exact) mass is 228 g/mol. The van der Waals surface area contributed by atoms with Crippen molar-refractivity contribution in [1.29, 1.82) is 0 Å². The van der Waals surface area contributed by atoms with E-state index in [9.17, 15) is 4.79 Å². The average Bonchev–Trinajstić information content (AvgIpc) is 2.59. The lowest BCUT2D eigenvalue weighted by Gasteiger charge is -1.91. The Morgan fingerprint density at radius 3 is 3.14 bits per heavy atom. The minimum atomic E-state index is -0.902. The predicted molar refractivity (Wildman–Crippen MR) is 62.8 cm³/mol. The van der Waals surface area contributed by atoms with E-state index in [0.29, 0.717) is 0 Å². The molecular formula is C10H12O2S2. The number of carboxylic acid groups (broad SMARTS) is 1. The van der Waals surface area contributed by atoms with E-state index in [2.05, 4.69) is 6.92 Å². The van der Waals surface area contributed by atoms with Gasteiger partial charge in [0.15, 0.2) is 0 Å². The molecule has 0 radical (unpaired) electrons. The molecule has 0 bridgehead atoms. The van der Waals surface area contributed by atoms with E-state index in [-0.39, 0.29) is 0 Å². The highest BCUT2D eigenvalue weighted by Gasteiger charge is 1.97. The van der Waals surface area contributed by atoms with Crippen molar-refractivity contribution in [1.82, 2.24) is 0 Å².